The highest BCUT2D eigenvalue weighted by Gasteiger charge is 2.21. The van der Waals surface area contributed by atoms with Crippen molar-refractivity contribution in [1.29, 1.82) is 0 Å². The maximum atomic E-state index is 6.71. The molecule has 4 aromatic heterocycles. The molecule has 5 nitrogen and oxygen atoms in total. The summed E-state index contributed by atoms with van der Waals surface area (Å²) in [7, 11) is 0. The van der Waals surface area contributed by atoms with Gasteiger partial charge < -0.3 is 8.98 Å². The minimum absolute atomic E-state index is 0.635. The smallest absolute Gasteiger partial charge is 0.164 e. The van der Waals surface area contributed by atoms with Crippen LogP contribution in [0.25, 0.3) is 126 Å². The van der Waals surface area contributed by atoms with Crippen LogP contribution in [-0.2, 0) is 0 Å². The molecule has 0 aliphatic carbocycles. The molecule has 0 aliphatic rings. The second-order valence-corrected chi connectivity index (χ2v) is 17.0. The highest BCUT2D eigenvalue weighted by molar-refractivity contribution is 7.26. The molecule has 63 heavy (non-hydrogen) atoms. The second-order valence-electron chi connectivity index (χ2n) is 16.0. The maximum absolute atomic E-state index is 6.71. The van der Waals surface area contributed by atoms with Crippen LogP contribution in [0.1, 0.15) is 0 Å². The number of furan rings is 1. The molecule has 0 bridgehead atoms. The van der Waals surface area contributed by atoms with Crippen LogP contribution in [0, 0.1) is 0 Å². The quantitative estimate of drug-likeness (QED) is 0.168. The molecule has 0 N–H and O–H groups in total. The van der Waals surface area contributed by atoms with E-state index in [1.54, 1.807) is 0 Å². The molecule has 13 rings (SSSR count). The number of para-hydroxylation sites is 3. The molecule has 13 aromatic rings. The van der Waals surface area contributed by atoms with Crippen molar-refractivity contribution < 1.29 is 4.42 Å². The average Bonchev–Trinajstić information content (AvgIpc) is 4.04. The first kappa shape index (κ1) is 35.6. The van der Waals surface area contributed by atoms with E-state index in [0.29, 0.717) is 17.5 Å². The Bertz CT molecular complexity index is 3790. The molecule has 0 fully saturated rings. The zero-order valence-electron chi connectivity index (χ0n) is 33.7. The lowest BCUT2D eigenvalue weighted by Crippen LogP contribution is -2.00. The third kappa shape index (κ3) is 5.80. The van der Waals surface area contributed by atoms with E-state index >= 15 is 0 Å². The van der Waals surface area contributed by atoms with Gasteiger partial charge >= 0.3 is 0 Å². The summed E-state index contributed by atoms with van der Waals surface area (Å²) in [4.78, 5) is 14.8. The Morgan fingerprint density at radius 1 is 0.381 bits per heavy atom. The van der Waals surface area contributed by atoms with Gasteiger partial charge in [0.05, 0.1) is 11.0 Å². The lowest BCUT2D eigenvalue weighted by Gasteiger charge is -2.13. The van der Waals surface area contributed by atoms with Gasteiger partial charge in [0.1, 0.15) is 11.2 Å². The van der Waals surface area contributed by atoms with Crippen molar-refractivity contribution in [3.63, 3.8) is 0 Å². The van der Waals surface area contributed by atoms with Crippen molar-refractivity contribution in [2.45, 2.75) is 0 Å². The fourth-order valence-corrected chi connectivity index (χ4v) is 10.5. The Kier molecular flexibility index (Phi) is 8.01. The Hall–Kier alpha value is -8.19. The molecule has 0 radical (unpaired) electrons. The summed E-state index contributed by atoms with van der Waals surface area (Å²) in [5.74, 6) is 1.93. The summed E-state index contributed by atoms with van der Waals surface area (Å²) in [6.45, 7) is 0. The van der Waals surface area contributed by atoms with Crippen LogP contribution >= 0.6 is 11.3 Å². The van der Waals surface area contributed by atoms with Crippen molar-refractivity contribution in [3.8, 4) is 62.1 Å². The first-order chi connectivity index (χ1) is 31.2. The van der Waals surface area contributed by atoms with Crippen molar-refractivity contribution in [2.24, 2.45) is 0 Å². The molecule has 0 atom stereocenters. The normalized spacial score (nSPS) is 11.8. The summed E-state index contributed by atoms with van der Waals surface area (Å²) in [6.07, 6.45) is 0. The molecule has 0 saturated heterocycles. The number of thiophene rings is 1. The van der Waals surface area contributed by atoms with Crippen LogP contribution in [0.4, 0.5) is 0 Å². The van der Waals surface area contributed by atoms with Crippen molar-refractivity contribution in [2.75, 3.05) is 0 Å². The first-order valence-corrected chi connectivity index (χ1v) is 21.9. The van der Waals surface area contributed by atoms with Gasteiger partial charge in [-0.25, -0.2) is 15.0 Å². The molecule has 9 aromatic carbocycles. The lowest BCUT2D eigenvalue weighted by atomic mass is 9.96. The predicted molar refractivity (Wildman–Crippen MR) is 262 cm³/mol. The van der Waals surface area contributed by atoms with Gasteiger partial charge in [-0.05, 0) is 65.2 Å². The largest absolute Gasteiger partial charge is 0.455 e. The topological polar surface area (TPSA) is 56.7 Å². The number of benzene rings is 9. The van der Waals surface area contributed by atoms with Crippen molar-refractivity contribution >= 4 is 75.3 Å². The van der Waals surface area contributed by atoms with E-state index in [0.717, 1.165) is 66.4 Å². The average molecular weight is 823 g/mol. The van der Waals surface area contributed by atoms with Crippen molar-refractivity contribution in [3.05, 3.63) is 206 Å². The third-order valence-electron chi connectivity index (χ3n) is 12.3. The molecule has 4 heterocycles. The van der Waals surface area contributed by atoms with Crippen LogP contribution in [0.15, 0.2) is 211 Å². The van der Waals surface area contributed by atoms with Gasteiger partial charge in [-0.2, -0.15) is 0 Å². The van der Waals surface area contributed by atoms with E-state index in [9.17, 15) is 0 Å². The van der Waals surface area contributed by atoms with E-state index in [2.05, 4.69) is 144 Å². The molecule has 6 heteroatoms. The summed E-state index contributed by atoms with van der Waals surface area (Å²) >= 11 is 1.83. The van der Waals surface area contributed by atoms with E-state index in [1.807, 2.05) is 78.1 Å². The first-order valence-electron chi connectivity index (χ1n) is 21.1. The monoisotopic (exact) mass is 822 g/mol. The van der Waals surface area contributed by atoms with Gasteiger partial charge in [-0.3, -0.25) is 0 Å². The van der Waals surface area contributed by atoms with Crippen LogP contribution in [0.3, 0.4) is 0 Å². The molecule has 294 valence electrons. The Labute approximate surface area is 365 Å². The summed E-state index contributed by atoms with van der Waals surface area (Å²) in [6, 6.07) is 72.7. The van der Waals surface area contributed by atoms with Crippen LogP contribution in [-0.4, -0.2) is 19.5 Å². The predicted octanol–water partition coefficient (Wildman–Crippen LogP) is 15.6. The second kappa shape index (κ2) is 14.2. The molecular weight excluding hydrogens is 789 g/mol. The Balaban J connectivity index is 0.978. The van der Waals surface area contributed by atoms with Gasteiger partial charge in [0.2, 0.25) is 0 Å². The number of aromatic nitrogens is 4. The molecule has 0 aliphatic heterocycles. The summed E-state index contributed by atoms with van der Waals surface area (Å²) in [5, 5.41) is 7.08. The summed E-state index contributed by atoms with van der Waals surface area (Å²) in [5.41, 5.74) is 12.7. The number of rotatable bonds is 6. The summed E-state index contributed by atoms with van der Waals surface area (Å²) < 4.78 is 11.6. The highest BCUT2D eigenvalue weighted by Crippen LogP contribution is 2.47. The molecule has 0 saturated carbocycles. The fourth-order valence-electron chi connectivity index (χ4n) is 9.29. The Morgan fingerprint density at radius 3 is 1.59 bits per heavy atom. The lowest BCUT2D eigenvalue weighted by molar-refractivity contribution is 0.673. The van der Waals surface area contributed by atoms with Crippen molar-refractivity contribution in [1.82, 2.24) is 19.5 Å². The van der Waals surface area contributed by atoms with E-state index in [-0.39, 0.29) is 0 Å². The van der Waals surface area contributed by atoms with Gasteiger partial charge in [-0.1, -0.05) is 158 Å². The fraction of sp³-hybridized carbons (Fsp3) is 0. The van der Waals surface area contributed by atoms with Gasteiger partial charge in [0, 0.05) is 69.7 Å². The number of hydrogen-bond donors (Lipinski definition) is 0. The Morgan fingerprint density at radius 2 is 0.921 bits per heavy atom. The number of hydrogen-bond acceptors (Lipinski definition) is 5. The van der Waals surface area contributed by atoms with Gasteiger partial charge in [0.25, 0.3) is 0 Å². The van der Waals surface area contributed by atoms with Crippen LogP contribution in [0.2, 0.25) is 0 Å². The van der Waals surface area contributed by atoms with Gasteiger partial charge in [-0.15, -0.1) is 11.3 Å². The SMILES string of the molecule is c1ccc(-c2nc(-c3ccccc3)nc(-c3ccc(-c4cccc(-c5cc(-n6c7ccccc7c7ccccc76)cc6c5sc5ccc7c8ccccc8oc7c56)c4)cc3)n2)cc1. The van der Waals surface area contributed by atoms with Crippen LogP contribution in [0.5, 0.6) is 0 Å². The molecular formula is C57H34N4OS. The molecule has 0 unspecified atom stereocenters. The maximum Gasteiger partial charge on any atom is 0.164 e. The number of nitrogens with zero attached hydrogens (tertiary/aromatic N) is 4. The third-order valence-corrected chi connectivity index (χ3v) is 13.5. The van der Waals surface area contributed by atoms with E-state index < -0.39 is 0 Å². The molecule has 0 spiro atoms. The number of fused-ring (bicyclic) bond motifs is 10. The standard InChI is InChI=1S/C57H34N4OS/c1-3-14-36(15-4-1)55-58-56(37-16-5-2-6-17-37)60-57(59-55)38-28-26-35(27-29-38)39-18-13-19-40(32-39)46-33-41(61-48-23-10-7-20-42(48)43-21-8-11-24-49(43)61)34-47-52-51(63-54(46)47)31-30-45-44-22-9-12-25-50(44)62-53(45)52/h1-34H. The zero-order valence-corrected chi connectivity index (χ0v) is 34.6. The minimum Gasteiger partial charge on any atom is -0.455 e. The van der Waals surface area contributed by atoms with E-state index in [4.69, 9.17) is 19.4 Å². The molecule has 0 amide bonds. The zero-order chi connectivity index (χ0) is 41.4. The van der Waals surface area contributed by atoms with Crippen LogP contribution < -0.4 is 0 Å². The minimum atomic E-state index is 0.635. The van der Waals surface area contributed by atoms with E-state index in [1.165, 1.54) is 42.2 Å². The van der Waals surface area contributed by atoms with Gasteiger partial charge in [0.15, 0.2) is 17.5 Å². The highest BCUT2D eigenvalue weighted by atomic mass is 32.1.